The summed E-state index contributed by atoms with van der Waals surface area (Å²) in [5, 5.41) is 0. The molecule has 0 aliphatic rings. The molecule has 0 spiro atoms. The van der Waals surface area contributed by atoms with E-state index in [2.05, 4.69) is 4.98 Å². The maximum atomic E-state index is 12.8. The second-order valence-corrected chi connectivity index (χ2v) is 4.51. The Morgan fingerprint density at radius 1 is 1.20 bits per heavy atom. The van der Waals surface area contributed by atoms with Crippen LogP contribution in [0.4, 0.5) is 8.78 Å². The number of aromatic nitrogens is 2. The van der Waals surface area contributed by atoms with E-state index in [1.165, 1.54) is 12.4 Å². The third-order valence-electron chi connectivity index (χ3n) is 3.02. The minimum absolute atomic E-state index is 0.351. The summed E-state index contributed by atoms with van der Waals surface area (Å²) < 4.78 is 26.5. The molecule has 0 saturated carbocycles. The summed E-state index contributed by atoms with van der Waals surface area (Å²) in [4.78, 5) is 6.01. The highest BCUT2D eigenvalue weighted by Gasteiger charge is 2.14. The van der Waals surface area contributed by atoms with Gasteiger partial charge in [0, 0.05) is 32.0 Å². The van der Waals surface area contributed by atoms with E-state index < -0.39 is 6.55 Å². The van der Waals surface area contributed by atoms with E-state index in [0.29, 0.717) is 32.0 Å². The Morgan fingerprint density at radius 3 is 2.60 bits per heavy atom. The molecule has 2 aromatic rings. The van der Waals surface area contributed by atoms with Gasteiger partial charge in [0.1, 0.15) is 5.82 Å². The molecule has 0 amide bonds. The van der Waals surface area contributed by atoms with Gasteiger partial charge in [-0.15, -0.1) is 0 Å². The molecule has 0 bridgehead atoms. The van der Waals surface area contributed by atoms with Gasteiger partial charge in [-0.3, -0.25) is 9.47 Å². The number of nitrogens with zero attached hydrogens (tertiary/aromatic N) is 3. The number of alkyl halides is 2. The topological polar surface area (TPSA) is 47.1 Å². The monoisotopic (exact) mass is 280 g/mol. The summed E-state index contributed by atoms with van der Waals surface area (Å²) in [6, 6.07) is 9.86. The molecule has 0 unspecified atom stereocenters. The van der Waals surface area contributed by atoms with E-state index in [1.807, 2.05) is 35.2 Å². The Bertz CT molecular complexity index is 513. The number of rotatable bonds is 7. The first kappa shape index (κ1) is 14.6. The minimum atomic E-state index is -2.57. The molecule has 1 aromatic carbocycles. The molecule has 0 saturated heterocycles. The fourth-order valence-electron chi connectivity index (χ4n) is 2.08. The molecule has 4 nitrogen and oxygen atoms in total. The van der Waals surface area contributed by atoms with Gasteiger partial charge in [0.15, 0.2) is 0 Å². The third kappa shape index (κ3) is 3.85. The van der Waals surface area contributed by atoms with Gasteiger partial charge in [-0.1, -0.05) is 30.3 Å². The second-order valence-electron chi connectivity index (χ2n) is 4.51. The summed E-state index contributed by atoms with van der Waals surface area (Å²) in [5.41, 5.74) is 6.71. The van der Waals surface area contributed by atoms with E-state index in [1.54, 1.807) is 0 Å². The van der Waals surface area contributed by atoms with Crippen molar-refractivity contribution in [1.29, 1.82) is 0 Å². The molecule has 20 heavy (non-hydrogen) atoms. The first-order chi connectivity index (χ1) is 9.70. The second kappa shape index (κ2) is 7.12. The molecular weight excluding hydrogens is 262 g/mol. The molecule has 1 aromatic heterocycles. The van der Waals surface area contributed by atoms with Crippen LogP contribution < -0.4 is 5.73 Å². The molecule has 0 aliphatic heterocycles. The van der Waals surface area contributed by atoms with Crippen LogP contribution in [0.25, 0.3) is 0 Å². The van der Waals surface area contributed by atoms with Crippen molar-refractivity contribution in [2.45, 2.75) is 19.6 Å². The number of halogens is 2. The Kier molecular flexibility index (Phi) is 5.20. The Morgan fingerprint density at radius 2 is 1.95 bits per heavy atom. The number of nitrogens with two attached hydrogens (primary N) is 1. The van der Waals surface area contributed by atoms with Crippen molar-refractivity contribution in [3.05, 3.63) is 54.1 Å². The molecule has 2 N–H and O–H groups in total. The van der Waals surface area contributed by atoms with Crippen LogP contribution in [0.1, 0.15) is 17.9 Å². The van der Waals surface area contributed by atoms with Crippen LogP contribution in [0, 0.1) is 0 Å². The van der Waals surface area contributed by atoms with E-state index in [4.69, 9.17) is 5.73 Å². The van der Waals surface area contributed by atoms with Crippen LogP contribution in [0.5, 0.6) is 0 Å². The van der Waals surface area contributed by atoms with E-state index in [0.717, 1.165) is 10.1 Å². The summed E-state index contributed by atoms with van der Waals surface area (Å²) in [6.45, 7) is -0.450. The highest BCUT2D eigenvalue weighted by atomic mass is 19.3. The van der Waals surface area contributed by atoms with Crippen molar-refractivity contribution < 1.29 is 8.78 Å². The van der Waals surface area contributed by atoms with Gasteiger partial charge in [-0.2, -0.15) is 8.78 Å². The van der Waals surface area contributed by atoms with Gasteiger partial charge in [-0.25, -0.2) is 4.98 Å². The fourth-order valence-corrected chi connectivity index (χ4v) is 2.08. The lowest BCUT2D eigenvalue weighted by molar-refractivity contribution is 0.0637. The maximum absolute atomic E-state index is 12.8. The lowest BCUT2D eigenvalue weighted by atomic mass is 10.2. The van der Waals surface area contributed by atoms with Crippen molar-refractivity contribution in [2.24, 2.45) is 5.73 Å². The molecular formula is C14H18F2N4. The molecule has 0 aliphatic carbocycles. The predicted molar refractivity (Wildman–Crippen MR) is 73.1 cm³/mol. The molecule has 1 heterocycles. The summed E-state index contributed by atoms with van der Waals surface area (Å²) in [6.07, 6.45) is 2.69. The number of benzene rings is 1. The van der Waals surface area contributed by atoms with Crippen LogP contribution in [-0.2, 0) is 13.1 Å². The van der Waals surface area contributed by atoms with Crippen molar-refractivity contribution in [3.63, 3.8) is 0 Å². The predicted octanol–water partition coefficient (Wildman–Crippen LogP) is 2.24. The van der Waals surface area contributed by atoms with Crippen molar-refractivity contribution in [1.82, 2.24) is 14.5 Å². The van der Waals surface area contributed by atoms with Gasteiger partial charge >= 0.3 is 6.55 Å². The standard InChI is InChI=1S/C14H18F2N4/c15-14(16)20-9-7-18-13(20)11-19(8-6-17)10-12-4-2-1-3-5-12/h1-5,7,9,14H,6,8,10-11,17H2. The van der Waals surface area contributed by atoms with Crippen molar-refractivity contribution >= 4 is 0 Å². The van der Waals surface area contributed by atoms with Crippen LogP contribution in [0.2, 0.25) is 0 Å². The number of hydrogen-bond donors (Lipinski definition) is 1. The molecule has 0 fully saturated rings. The van der Waals surface area contributed by atoms with Crippen LogP contribution in [0.3, 0.4) is 0 Å². The summed E-state index contributed by atoms with van der Waals surface area (Å²) in [5.74, 6) is 0.351. The molecule has 108 valence electrons. The van der Waals surface area contributed by atoms with Crippen LogP contribution in [0.15, 0.2) is 42.7 Å². The normalized spacial score (nSPS) is 11.4. The largest absolute Gasteiger partial charge is 0.329 e. The van der Waals surface area contributed by atoms with E-state index in [-0.39, 0.29) is 0 Å². The van der Waals surface area contributed by atoms with Crippen molar-refractivity contribution in [3.8, 4) is 0 Å². The maximum Gasteiger partial charge on any atom is 0.319 e. The zero-order chi connectivity index (χ0) is 14.4. The average Bonchev–Trinajstić information content (AvgIpc) is 2.88. The highest BCUT2D eigenvalue weighted by Crippen LogP contribution is 2.15. The average molecular weight is 280 g/mol. The molecule has 2 rings (SSSR count). The minimum Gasteiger partial charge on any atom is -0.329 e. The zero-order valence-corrected chi connectivity index (χ0v) is 11.1. The molecule has 0 atom stereocenters. The third-order valence-corrected chi connectivity index (χ3v) is 3.02. The van der Waals surface area contributed by atoms with Gasteiger partial charge in [0.05, 0.1) is 6.54 Å². The van der Waals surface area contributed by atoms with Crippen molar-refractivity contribution in [2.75, 3.05) is 13.1 Å². The quantitative estimate of drug-likeness (QED) is 0.846. The summed E-state index contributed by atoms with van der Waals surface area (Å²) >= 11 is 0. The fraction of sp³-hybridized carbons (Fsp3) is 0.357. The number of hydrogen-bond acceptors (Lipinski definition) is 3. The summed E-state index contributed by atoms with van der Waals surface area (Å²) in [7, 11) is 0. The van der Waals surface area contributed by atoms with Crippen LogP contribution >= 0.6 is 0 Å². The van der Waals surface area contributed by atoms with E-state index in [9.17, 15) is 8.78 Å². The van der Waals surface area contributed by atoms with Gasteiger partial charge in [-0.05, 0) is 5.56 Å². The van der Waals surface area contributed by atoms with Gasteiger partial charge in [0.25, 0.3) is 0 Å². The lowest BCUT2D eigenvalue weighted by Crippen LogP contribution is -2.30. The Labute approximate surface area is 116 Å². The Hall–Kier alpha value is -1.79. The number of imidazole rings is 1. The molecule has 0 radical (unpaired) electrons. The first-order valence-electron chi connectivity index (χ1n) is 6.47. The smallest absolute Gasteiger partial charge is 0.319 e. The van der Waals surface area contributed by atoms with Gasteiger partial charge in [0.2, 0.25) is 0 Å². The highest BCUT2D eigenvalue weighted by molar-refractivity contribution is 5.14. The lowest BCUT2D eigenvalue weighted by Gasteiger charge is -2.21. The SMILES string of the molecule is NCCN(Cc1ccccc1)Cc1nccn1C(F)F. The van der Waals surface area contributed by atoms with Crippen LogP contribution in [-0.4, -0.2) is 27.5 Å². The van der Waals surface area contributed by atoms with Gasteiger partial charge < -0.3 is 5.73 Å². The van der Waals surface area contributed by atoms with E-state index >= 15 is 0 Å². The molecule has 6 heteroatoms. The Balaban J connectivity index is 2.07. The first-order valence-corrected chi connectivity index (χ1v) is 6.47. The zero-order valence-electron chi connectivity index (χ0n) is 11.1.